The number of carboxylic acids is 1. The number of rotatable bonds is 7. The number of carbonyl (C=O) groups excluding carboxylic acids is 2. The van der Waals surface area contributed by atoms with Gasteiger partial charge in [-0.2, -0.15) is 0 Å². The van der Waals surface area contributed by atoms with E-state index in [2.05, 4.69) is 17.2 Å². The number of nitrogens with one attached hydrogen (secondary N) is 1. The molecule has 1 saturated heterocycles. The second-order valence-corrected chi connectivity index (χ2v) is 7.49. The van der Waals surface area contributed by atoms with Crippen LogP contribution in [0.3, 0.4) is 0 Å². The van der Waals surface area contributed by atoms with Gasteiger partial charge >= 0.3 is 11.7 Å². The van der Waals surface area contributed by atoms with Gasteiger partial charge in [0.15, 0.2) is 0 Å². The number of amides is 2. The number of aliphatic carboxylic acids is 1. The summed E-state index contributed by atoms with van der Waals surface area (Å²) in [6.07, 6.45) is 4.89. The molecule has 1 unspecified atom stereocenters. The highest BCUT2D eigenvalue weighted by Gasteiger charge is 2.31. The lowest BCUT2D eigenvalue weighted by Crippen LogP contribution is -2.44. The normalized spacial score (nSPS) is 16.2. The summed E-state index contributed by atoms with van der Waals surface area (Å²) in [4.78, 5) is 46.9. The fourth-order valence-corrected chi connectivity index (χ4v) is 3.68. The van der Waals surface area contributed by atoms with E-state index in [1.807, 2.05) is 12.1 Å². The van der Waals surface area contributed by atoms with E-state index in [1.54, 1.807) is 13.1 Å². The van der Waals surface area contributed by atoms with Crippen molar-refractivity contribution in [3.63, 3.8) is 0 Å². The van der Waals surface area contributed by atoms with Crippen LogP contribution in [0.4, 0.5) is 0 Å². The quantitative estimate of drug-likeness (QED) is 0.412. The van der Waals surface area contributed by atoms with Crippen molar-refractivity contribution in [2.45, 2.75) is 57.4 Å². The van der Waals surface area contributed by atoms with E-state index in [0.717, 1.165) is 31.2 Å². The minimum absolute atomic E-state index is 0.207. The number of imidazole rings is 1. The summed E-state index contributed by atoms with van der Waals surface area (Å²) >= 11 is 0. The molecule has 2 aromatic rings. The first-order valence-corrected chi connectivity index (χ1v) is 10.1. The molecule has 1 aromatic carbocycles. The fraction of sp³-hybridized carbons (Fsp3) is 0.455. The van der Waals surface area contributed by atoms with Gasteiger partial charge in [-0.25, -0.2) is 4.79 Å². The molecular weight excluding hydrogens is 386 g/mol. The lowest BCUT2D eigenvalue weighted by Gasteiger charge is -2.21. The van der Waals surface area contributed by atoms with E-state index < -0.39 is 17.9 Å². The van der Waals surface area contributed by atoms with Crippen LogP contribution in [-0.4, -0.2) is 32.0 Å². The van der Waals surface area contributed by atoms with E-state index in [1.165, 1.54) is 9.13 Å². The van der Waals surface area contributed by atoms with Crippen LogP contribution in [0.5, 0.6) is 0 Å². The van der Waals surface area contributed by atoms with Gasteiger partial charge in [0.2, 0.25) is 11.8 Å². The van der Waals surface area contributed by atoms with Crippen molar-refractivity contribution in [2.24, 2.45) is 7.05 Å². The largest absolute Gasteiger partial charge is 0.481 e. The minimum Gasteiger partial charge on any atom is -0.481 e. The topological polar surface area (TPSA) is 110 Å². The second kappa shape index (κ2) is 9.44. The summed E-state index contributed by atoms with van der Waals surface area (Å²) in [5.74, 6) is 4.70. The molecular formula is C22H25N3O5. The number of hydrogen-bond acceptors (Lipinski definition) is 4. The maximum atomic E-state index is 12.7. The summed E-state index contributed by atoms with van der Waals surface area (Å²) in [5.41, 5.74) is 1.81. The van der Waals surface area contributed by atoms with Crippen LogP contribution in [0.25, 0.3) is 11.0 Å². The molecule has 8 heteroatoms. The van der Waals surface area contributed by atoms with Crippen molar-refractivity contribution in [3.05, 3.63) is 34.2 Å². The van der Waals surface area contributed by atoms with Crippen LogP contribution < -0.4 is 11.0 Å². The number of imide groups is 1. The van der Waals surface area contributed by atoms with Crippen LogP contribution in [0.2, 0.25) is 0 Å². The van der Waals surface area contributed by atoms with Crippen LogP contribution in [-0.2, 0) is 21.4 Å². The molecule has 0 bridgehead atoms. The lowest BCUT2D eigenvalue weighted by atomic mass is 10.1. The molecule has 0 radical (unpaired) electrons. The molecule has 158 valence electrons. The lowest BCUT2D eigenvalue weighted by molar-refractivity contribution is -0.137. The number of aryl methyl sites for hydroxylation is 1. The number of benzene rings is 1. The van der Waals surface area contributed by atoms with Gasteiger partial charge in [0.25, 0.3) is 0 Å². The maximum absolute atomic E-state index is 12.7. The Bertz CT molecular complexity index is 1100. The van der Waals surface area contributed by atoms with Crippen molar-refractivity contribution in [1.82, 2.24) is 14.5 Å². The predicted octanol–water partition coefficient (Wildman–Crippen LogP) is 2.09. The molecule has 1 aromatic heterocycles. The molecule has 1 fully saturated rings. The molecule has 8 nitrogen and oxygen atoms in total. The van der Waals surface area contributed by atoms with Crippen molar-refractivity contribution < 1.29 is 19.5 Å². The zero-order valence-electron chi connectivity index (χ0n) is 16.9. The summed E-state index contributed by atoms with van der Waals surface area (Å²) in [5, 5.41) is 10.9. The van der Waals surface area contributed by atoms with E-state index >= 15 is 0 Å². The summed E-state index contributed by atoms with van der Waals surface area (Å²) in [6.45, 7) is 0. The SMILES string of the molecule is Cn1c(=O)n(C2CCC(=O)NC2=O)c2ccc(C#CCCCCCCC(=O)O)cc21. The van der Waals surface area contributed by atoms with Crippen molar-refractivity contribution in [2.75, 3.05) is 0 Å². The highest BCUT2D eigenvalue weighted by atomic mass is 16.4. The first kappa shape index (κ1) is 21.4. The third-order valence-corrected chi connectivity index (χ3v) is 5.29. The molecule has 30 heavy (non-hydrogen) atoms. The van der Waals surface area contributed by atoms with Gasteiger partial charge in [0.05, 0.1) is 11.0 Å². The van der Waals surface area contributed by atoms with E-state index in [4.69, 9.17) is 5.11 Å². The molecule has 2 heterocycles. The standard InChI is InChI=1S/C22H25N3O5/c1-24-18-14-15(8-6-4-2-3-5-7-9-20(27)28)10-11-16(18)25(22(24)30)17-12-13-19(26)23-21(17)29/h10-11,14,17H,2-5,7,9,12-13H2,1H3,(H,27,28)(H,23,26,29). The van der Waals surface area contributed by atoms with Gasteiger partial charge in [-0.15, -0.1) is 0 Å². The van der Waals surface area contributed by atoms with Crippen LogP contribution in [0, 0.1) is 11.8 Å². The van der Waals surface area contributed by atoms with Crippen LogP contribution in [0.15, 0.2) is 23.0 Å². The molecule has 1 aliphatic heterocycles. The summed E-state index contributed by atoms with van der Waals surface area (Å²) in [7, 11) is 1.65. The Labute approximate surface area is 173 Å². The fourth-order valence-electron chi connectivity index (χ4n) is 3.68. The zero-order chi connectivity index (χ0) is 21.7. The number of hydrogen-bond donors (Lipinski definition) is 2. The monoisotopic (exact) mass is 411 g/mol. The number of piperidine rings is 1. The third kappa shape index (κ3) is 4.79. The smallest absolute Gasteiger partial charge is 0.329 e. The van der Waals surface area contributed by atoms with Crippen molar-refractivity contribution in [3.8, 4) is 11.8 Å². The average Bonchev–Trinajstić information content (AvgIpc) is 2.94. The predicted molar refractivity (Wildman–Crippen MR) is 111 cm³/mol. The van der Waals surface area contributed by atoms with Crippen LogP contribution >= 0.6 is 0 Å². The molecule has 0 spiro atoms. The number of nitrogens with zero attached hydrogens (tertiary/aromatic N) is 2. The Morgan fingerprint density at radius 1 is 1.17 bits per heavy atom. The maximum Gasteiger partial charge on any atom is 0.329 e. The zero-order valence-corrected chi connectivity index (χ0v) is 16.9. The van der Waals surface area contributed by atoms with Crippen LogP contribution in [0.1, 0.15) is 63.0 Å². The Hall–Kier alpha value is -3.34. The van der Waals surface area contributed by atoms with Gasteiger partial charge in [-0.3, -0.25) is 28.8 Å². The van der Waals surface area contributed by atoms with Crippen molar-refractivity contribution >= 4 is 28.8 Å². The van der Waals surface area contributed by atoms with Crippen molar-refractivity contribution in [1.29, 1.82) is 0 Å². The number of carbonyl (C=O) groups is 3. The summed E-state index contributed by atoms with van der Waals surface area (Å²) < 4.78 is 2.94. The van der Waals surface area contributed by atoms with E-state index in [-0.39, 0.29) is 24.4 Å². The highest BCUT2D eigenvalue weighted by Crippen LogP contribution is 2.23. The Kier molecular flexibility index (Phi) is 6.72. The van der Waals surface area contributed by atoms with E-state index in [9.17, 15) is 19.2 Å². The first-order chi connectivity index (χ1) is 14.4. The Balaban J connectivity index is 1.70. The molecule has 1 aliphatic rings. The minimum atomic E-state index is -0.758. The molecule has 2 N–H and O–H groups in total. The van der Waals surface area contributed by atoms with Gasteiger partial charge < -0.3 is 5.11 Å². The highest BCUT2D eigenvalue weighted by molar-refractivity contribution is 6.00. The van der Waals surface area contributed by atoms with Gasteiger partial charge in [0.1, 0.15) is 6.04 Å². The molecule has 3 rings (SSSR count). The molecule has 1 atom stereocenters. The van der Waals surface area contributed by atoms with Gasteiger partial charge in [-0.05, 0) is 37.5 Å². The average molecular weight is 411 g/mol. The molecule has 0 saturated carbocycles. The number of fused-ring (bicyclic) bond motifs is 1. The van der Waals surface area contributed by atoms with Gasteiger partial charge in [-0.1, -0.05) is 24.7 Å². The second-order valence-electron chi connectivity index (χ2n) is 7.49. The van der Waals surface area contributed by atoms with E-state index in [0.29, 0.717) is 23.9 Å². The number of unbranched alkanes of at least 4 members (excludes halogenated alkanes) is 4. The Morgan fingerprint density at radius 2 is 1.93 bits per heavy atom. The molecule has 2 amide bonds. The van der Waals surface area contributed by atoms with Gasteiger partial charge in [0, 0.05) is 31.9 Å². The number of carboxylic acid groups (broad SMARTS) is 1. The Morgan fingerprint density at radius 3 is 2.67 bits per heavy atom. The molecule has 0 aliphatic carbocycles. The number of aromatic nitrogens is 2. The third-order valence-electron chi connectivity index (χ3n) is 5.29. The first-order valence-electron chi connectivity index (χ1n) is 10.1. The summed E-state index contributed by atoms with van der Waals surface area (Å²) in [6, 6.07) is 4.75.